The van der Waals surface area contributed by atoms with Crippen LogP contribution in [0.15, 0.2) is 12.1 Å². The summed E-state index contributed by atoms with van der Waals surface area (Å²) in [6, 6.07) is 0.0989. The Kier molecular flexibility index (Phi) is 10.7. The van der Waals surface area contributed by atoms with Gasteiger partial charge in [0.25, 0.3) is 5.91 Å². The van der Waals surface area contributed by atoms with Crippen molar-refractivity contribution in [3.63, 3.8) is 0 Å². The summed E-state index contributed by atoms with van der Waals surface area (Å²) in [4.78, 5) is 34.4. The average molecular weight is 605 g/mol. The maximum absolute atomic E-state index is 13.9. The highest BCUT2D eigenvalue weighted by molar-refractivity contribution is 5.94. The molecule has 1 atom stereocenters. The van der Waals surface area contributed by atoms with E-state index >= 15 is 0 Å². The second-order valence-corrected chi connectivity index (χ2v) is 9.32. The van der Waals surface area contributed by atoms with Crippen LogP contribution < -0.4 is 5.73 Å². The molecule has 1 unspecified atom stereocenters. The third kappa shape index (κ3) is 7.16. The van der Waals surface area contributed by atoms with Crippen molar-refractivity contribution in [2.75, 3.05) is 39.8 Å². The molecule has 0 radical (unpaired) electrons. The van der Waals surface area contributed by atoms with E-state index in [4.69, 9.17) is 5.73 Å². The third-order valence-electron chi connectivity index (χ3n) is 6.61. The van der Waals surface area contributed by atoms with Gasteiger partial charge in [0, 0.05) is 57.8 Å². The van der Waals surface area contributed by atoms with Crippen molar-refractivity contribution < 1.29 is 35.9 Å². The molecule has 3 heterocycles. The first-order valence-corrected chi connectivity index (χ1v) is 11.7. The van der Waals surface area contributed by atoms with Gasteiger partial charge in [0.2, 0.25) is 11.7 Å². The molecule has 1 aromatic carbocycles. The van der Waals surface area contributed by atoms with Crippen LogP contribution in [0.2, 0.25) is 0 Å². The largest absolute Gasteiger partial charge is 0.449 e. The number of halogens is 8. The van der Waals surface area contributed by atoms with Gasteiger partial charge in [-0.25, -0.2) is 18.2 Å². The topological polar surface area (TPSA) is 87.7 Å². The first-order chi connectivity index (χ1) is 17.3. The summed E-state index contributed by atoms with van der Waals surface area (Å²) in [5, 5.41) is 0. The van der Waals surface area contributed by atoms with Crippen LogP contribution in [0.5, 0.6) is 0 Å². The highest BCUT2D eigenvalue weighted by Gasteiger charge is 2.42. The van der Waals surface area contributed by atoms with E-state index in [1.807, 2.05) is 11.9 Å². The van der Waals surface area contributed by atoms with Gasteiger partial charge in [-0.2, -0.15) is 13.2 Å². The number of benzene rings is 1. The van der Waals surface area contributed by atoms with Gasteiger partial charge in [-0.1, -0.05) is 0 Å². The number of carbonyl (C=O) groups is 2. The SMILES string of the molecule is CN1CCN(C(=O)c2nc(C(F)(F)F)n3c2CN(C(=O)CC(N)Cc2cc(F)c(F)cc2F)CC3)CC1.Cl.Cl. The van der Waals surface area contributed by atoms with Gasteiger partial charge in [0.05, 0.1) is 12.2 Å². The molecular weight excluding hydrogens is 577 g/mol. The Hall–Kier alpha value is -2.55. The number of nitrogens with two attached hydrogens (primary N) is 1. The Balaban J connectivity index is 0.00000267. The lowest BCUT2D eigenvalue weighted by molar-refractivity contribution is -0.148. The maximum atomic E-state index is 13.9. The van der Waals surface area contributed by atoms with Crippen molar-refractivity contribution in [1.29, 1.82) is 0 Å². The van der Waals surface area contributed by atoms with E-state index in [0.29, 0.717) is 38.3 Å². The van der Waals surface area contributed by atoms with Gasteiger partial charge >= 0.3 is 6.18 Å². The predicted molar refractivity (Wildman–Crippen MR) is 133 cm³/mol. The summed E-state index contributed by atoms with van der Waals surface area (Å²) >= 11 is 0. The molecule has 0 saturated carbocycles. The molecule has 39 heavy (non-hydrogen) atoms. The molecule has 16 heteroatoms. The second-order valence-electron chi connectivity index (χ2n) is 9.32. The van der Waals surface area contributed by atoms with Crippen LogP contribution >= 0.6 is 24.8 Å². The van der Waals surface area contributed by atoms with Crippen LogP contribution in [0.1, 0.15) is 34.0 Å². The first kappa shape index (κ1) is 32.7. The second kappa shape index (κ2) is 12.7. The number of amides is 2. The normalized spacial score (nSPS) is 16.7. The van der Waals surface area contributed by atoms with Gasteiger partial charge in [0.1, 0.15) is 5.82 Å². The average Bonchev–Trinajstić information content (AvgIpc) is 3.22. The van der Waals surface area contributed by atoms with Crippen LogP contribution in [0, 0.1) is 17.5 Å². The Morgan fingerprint density at radius 3 is 2.15 bits per heavy atom. The van der Waals surface area contributed by atoms with Crippen molar-refractivity contribution in [3.8, 4) is 0 Å². The molecule has 0 spiro atoms. The lowest BCUT2D eigenvalue weighted by atomic mass is 10.0. The van der Waals surface area contributed by atoms with E-state index in [-0.39, 0.29) is 74.2 Å². The number of hydrogen-bond donors (Lipinski definition) is 1. The molecule has 2 amide bonds. The summed E-state index contributed by atoms with van der Waals surface area (Å²) in [6.07, 6.45) is -5.37. The van der Waals surface area contributed by atoms with Gasteiger partial charge in [0.15, 0.2) is 17.3 Å². The van der Waals surface area contributed by atoms with Crippen molar-refractivity contribution in [2.45, 2.75) is 38.1 Å². The molecule has 2 aliphatic rings. The standard InChI is InChI=1S/C23H26F6N6O2.2ClH/c1-32-2-4-33(5-3-32)21(37)20-18-12-34(6-7-35(18)22(31-20)23(27,28)29)19(36)10-14(30)8-13-9-16(25)17(26)11-15(13)24;;/h9,11,14H,2-8,10,12,30H2,1H3;2*1H. The molecular formula is C23H28Cl2F6N6O2. The summed E-state index contributed by atoms with van der Waals surface area (Å²) < 4.78 is 82.5. The highest BCUT2D eigenvalue weighted by Crippen LogP contribution is 2.33. The smallest absolute Gasteiger partial charge is 0.335 e. The van der Waals surface area contributed by atoms with Gasteiger partial charge in [-0.3, -0.25) is 9.59 Å². The zero-order valence-corrected chi connectivity index (χ0v) is 22.4. The molecule has 218 valence electrons. The number of piperazine rings is 1. The van der Waals surface area contributed by atoms with Crippen molar-refractivity contribution in [3.05, 3.63) is 52.4 Å². The lowest BCUT2D eigenvalue weighted by Crippen LogP contribution is -2.48. The van der Waals surface area contributed by atoms with E-state index in [1.54, 1.807) is 0 Å². The summed E-state index contributed by atoms with van der Waals surface area (Å²) in [5.41, 5.74) is 5.39. The third-order valence-corrected chi connectivity index (χ3v) is 6.61. The number of rotatable bonds is 5. The molecule has 1 aromatic heterocycles. The fourth-order valence-electron chi connectivity index (χ4n) is 4.56. The monoisotopic (exact) mass is 604 g/mol. The number of alkyl halides is 3. The van der Waals surface area contributed by atoms with E-state index in [2.05, 4.69) is 4.98 Å². The van der Waals surface area contributed by atoms with Crippen molar-refractivity contribution in [2.24, 2.45) is 5.73 Å². The molecule has 1 saturated heterocycles. The highest BCUT2D eigenvalue weighted by atomic mass is 35.5. The minimum absolute atomic E-state index is 0. The minimum Gasteiger partial charge on any atom is -0.335 e. The van der Waals surface area contributed by atoms with E-state index < -0.39 is 47.3 Å². The summed E-state index contributed by atoms with van der Waals surface area (Å²) in [5.74, 6) is -5.97. The van der Waals surface area contributed by atoms with Gasteiger partial charge in [-0.15, -0.1) is 24.8 Å². The number of imidazole rings is 1. The number of nitrogens with zero attached hydrogens (tertiary/aromatic N) is 5. The Bertz CT molecular complexity index is 1200. The van der Waals surface area contributed by atoms with Crippen LogP contribution in [0.3, 0.4) is 0 Å². The van der Waals surface area contributed by atoms with E-state index in [1.165, 1.54) is 9.80 Å². The molecule has 0 bridgehead atoms. The van der Waals surface area contributed by atoms with Crippen molar-refractivity contribution in [1.82, 2.24) is 24.3 Å². The zero-order valence-electron chi connectivity index (χ0n) is 20.8. The van der Waals surface area contributed by atoms with Crippen LogP contribution in [-0.4, -0.2) is 81.9 Å². The molecule has 4 rings (SSSR count). The van der Waals surface area contributed by atoms with Gasteiger partial charge < -0.3 is 25.0 Å². The minimum atomic E-state index is -4.79. The number of carbonyl (C=O) groups excluding carboxylic acids is 2. The number of fused-ring (bicyclic) bond motifs is 1. The zero-order chi connectivity index (χ0) is 27.1. The fraction of sp³-hybridized carbons (Fsp3) is 0.522. The first-order valence-electron chi connectivity index (χ1n) is 11.7. The lowest BCUT2D eigenvalue weighted by Gasteiger charge is -2.33. The van der Waals surface area contributed by atoms with Crippen LogP contribution in [0.25, 0.3) is 0 Å². The van der Waals surface area contributed by atoms with Crippen LogP contribution in [-0.2, 0) is 30.5 Å². The molecule has 0 aliphatic carbocycles. The van der Waals surface area contributed by atoms with E-state index in [0.717, 1.165) is 4.57 Å². The summed E-state index contributed by atoms with van der Waals surface area (Å²) in [7, 11) is 1.87. The molecule has 2 aliphatic heterocycles. The molecule has 8 nitrogen and oxygen atoms in total. The van der Waals surface area contributed by atoms with Gasteiger partial charge in [-0.05, 0) is 25.1 Å². The maximum Gasteiger partial charge on any atom is 0.449 e. The van der Waals surface area contributed by atoms with Crippen molar-refractivity contribution >= 4 is 36.6 Å². The van der Waals surface area contributed by atoms with E-state index in [9.17, 15) is 35.9 Å². The number of hydrogen-bond acceptors (Lipinski definition) is 5. The molecule has 2 N–H and O–H groups in total. The Morgan fingerprint density at radius 2 is 1.54 bits per heavy atom. The molecule has 1 fully saturated rings. The molecule has 2 aromatic rings. The summed E-state index contributed by atoms with van der Waals surface area (Å²) in [6.45, 7) is 1.20. The van der Waals surface area contributed by atoms with Crippen LogP contribution in [0.4, 0.5) is 26.3 Å². The fourth-order valence-corrected chi connectivity index (χ4v) is 4.56. The predicted octanol–water partition coefficient (Wildman–Crippen LogP) is 2.85. The Morgan fingerprint density at radius 1 is 0.949 bits per heavy atom. The Labute approximate surface area is 232 Å². The number of aromatic nitrogens is 2. The quantitative estimate of drug-likeness (QED) is 0.419. The number of likely N-dealkylation sites (N-methyl/N-ethyl adjacent to an activating group) is 1.